The van der Waals surface area contributed by atoms with Gasteiger partial charge in [-0.25, -0.2) is 0 Å². The quantitative estimate of drug-likeness (QED) is 0.878. The topological polar surface area (TPSA) is 59.0 Å². The minimum absolute atomic E-state index is 0.0689. The summed E-state index contributed by atoms with van der Waals surface area (Å²) in [4.78, 5) is 13.2. The molecular formula is C20H28N4O. The summed E-state index contributed by atoms with van der Waals surface area (Å²) in [5, 5.41) is 10.9. The molecule has 1 aliphatic rings. The zero-order valence-electron chi connectivity index (χ0n) is 15.4. The molecule has 0 bridgehead atoms. The van der Waals surface area contributed by atoms with Crippen molar-refractivity contribution < 1.29 is 4.79 Å². The summed E-state index contributed by atoms with van der Waals surface area (Å²) in [6.07, 6.45) is 5.16. The Balaban J connectivity index is 1.77. The number of hydrogen-bond donors (Lipinski definition) is 2. The van der Waals surface area contributed by atoms with Gasteiger partial charge in [-0.05, 0) is 50.0 Å². The molecule has 0 unspecified atom stereocenters. The van der Waals surface area contributed by atoms with Gasteiger partial charge in [-0.1, -0.05) is 38.1 Å². The molecule has 1 amide bonds. The van der Waals surface area contributed by atoms with E-state index in [1.807, 2.05) is 16.9 Å². The first-order chi connectivity index (χ1) is 12.0. The molecule has 0 aliphatic carbocycles. The Bertz CT molecular complexity index is 715. The van der Waals surface area contributed by atoms with Gasteiger partial charge in [0.15, 0.2) is 0 Å². The van der Waals surface area contributed by atoms with E-state index < -0.39 is 5.54 Å². The molecule has 1 aliphatic heterocycles. The van der Waals surface area contributed by atoms with Crippen LogP contribution in [0, 0.1) is 6.92 Å². The average molecular weight is 340 g/mol. The molecule has 1 aromatic heterocycles. The number of amides is 1. The van der Waals surface area contributed by atoms with Gasteiger partial charge in [0.05, 0.1) is 0 Å². The largest absolute Gasteiger partial charge is 0.353 e. The van der Waals surface area contributed by atoms with Crippen LogP contribution in [0.25, 0.3) is 0 Å². The van der Waals surface area contributed by atoms with E-state index in [2.05, 4.69) is 60.8 Å². The second kappa shape index (κ2) is 7.00. The van der Waals surface area contributed by atoms with E-state index in [0.717, 1.165) is 25.9 Å². The van der Waals surface area contributed by atoms with Crippen LogP contribution in [-0.4, -0.2) is 35.3 Å². The van der Waals surface area contributed by atoms with E-state index in [4.69, 9.17) is 0 Å². The number of benzene rings is 1. The second-order valence-electron chi connectivity index (χ2n) is 7.61. The minimum atomic E-state index is -0.587. The van der Waals surface area contributed by atoms with Crippen molar-refractivity contribution in [2.45, 2.75) is 44.6 Å². The van der Waals surface area contributed by atoms with E-state index in [-0.39, 0.29) is 11.3 Å². The highest BCUT2D eigenvalue weighted by Crippen LogP contribution is 2.29. The third kappa shape index (κ3) is 3.47. The Labute approximate surface area is 149 Å². The Morgan fingerprint density at radius 2 is 2.00 bits per heavy atom. The standard InChI is InChI=1S/C20H28N4O/c1-16-7-4-5-8-17(16)19(2,3)15-22-18(25)20(9-12-21-13-10-20)24-14-6-11-23-24/h4-8,11,14,21H,9-10,12-13,15H2,1-3H3,(H,22,25). The van der Waals surface area contributed by atoms with Gasteiger partial charge in [-0.15, -0.1) is 0 Å². The molecule has 134 valence electrons. The van der Waals surface area contributed by atoms with Crippen molar-refractivity contribution in [3.05, 3.63) is 53.9 Å². The highest BCUT2D eigenvalue weighted by molar-refractivity contribution is 5.84. The Hall–Kier alpha value is -2.14. The van der Waals surface area contributed by atoms with Crippen molar-refractivity contribution in [3.8, 4) is 0 Å². The fourth-order valence-electron chi connectivity index (χ4n) is 3.82. The van der Waals surface area contributed by atoms with Gasteiger partial charge in [0, 0.05) is 24.4 Å². The molecular weight excluding hydrogens is 312 g/mol. The molecule has 2 aromatic rings. The Morgan fingerprint density at radius 1 is 1.28 bits per heavy atom. The molecule has 5 heteroatoms. The van der Waals surface area contributed by atoms with Gasteiger partial charge in [-0.2, -0.15) is 5.10 Å². The SMILES string of the molecule is Cc1ccccc1C(C)(C)CNC(=O)C1(n2cccn2)CCNCC1. The lowest BCUT2D eigenvalue weighted by Gasteiger charge is -2.37. The smallest absolute Gasteiger partial charge is 0.248 e. The van der Waals surface area contributed by atoms with Crippen molar-refractivity contribution in [3.63, 3.8) is 0 Å². The third-order valence-corrected chi connectivity index (χ3v) is 5.36. The van der Waals surface area contributed by atoms with Crippen molar-refractivity contribution in [2.75, 3.05) is 19.6 Å². The van der Waals surface area contributed by atoms with Crippen LogP contribution in [0.4, 0.5) is 0 Å². The van der Waals surface area contributed by atoms with Gasteiger partial charge < -0.3 is 10.6 Å². The lowest BCUT2D eigenvalue weighted by molar-refractivity contribution is -0.132. The normalized spacial score (nSPS) is 17.2. The summed E-state index contributed by atoms with van der Waals surface area (Å²) in [6.45, 7) is 8.74. The van der Waals surface area contributed by atoms with Crippen LogP contribution in [0.3, 0.4) is 0 Å². The predicted octanol–water partition coefficient (Wildman–Crippen LogP) is 2.36. The first-order valence-electron chi connectivity index (χ1n) is 9.01. The van der Waals surface area contributed by atoms with Gasteiger partial charge in [0.25, 0.3) is 0 Å². The first-order valence-corrected chi connectivity index (χ1v) is 9.01. The maximum atomic E-state index is 13.2. The van der Waals surface area contributed by atoms with Gasteiger partial charge in [-0.3, -0.25) is 9.48 Å². The fourth-order valence-corrected chi connectivity index (χ4v) is 3.82. The van der Waals surface area contributed by atoms with Gasteiger partial charge >= 0.3 is 0 Å². The molecule has 2 N–H and O–H groups in total. The van der Waals surface area contributed by atoms with Crippen molar-refractivity contribution in [1.29, 1.82) is 0 Å². The predicted molar refractivity (Wildman–Crippen MR) is 99.5 cm³/mol. The van der Waals surface area contributed by atoms with E-state index >= 15 is 0 Å². The summed E-state index contributed by atoms with van der Waals surface area (Å²) in [6, 6.07) is 10.3. The molecule has 0 spiro atoms. The van der Waals surface area contributed by atoms with Crippen molar-refractivity contribution in [2.24, 2.45) is 0 Å². The molecule has 5 nitrogen and oxygen atoms in total. The Morgan fingerprint density at radius 3 is 2.64 bits per heavy atom. The van der Waals surface area contributed by atoms with Crippen LogP contribution in [0.2, 0.25) is 0 Å². The summed E-state index contributed by atoms with van der Waals surface area (Å²) in [5.74, 6) is 0.0689. The average Bonchev–Trinajstić information content (AvgIpc) is 3.16. The second-order valence-corrected chi connectivity index (χ2v) is 7.61. The number of aryl methyl sites for hydroxylation is 1. The van der Waals surface area contributed by atoms with Crippen LogP contribution in [0.5, 0.6) is 0 Å². The number of carbonyl (C=O) groups excluding carboxylic acids is 1. The highest BCUT2D eigenvalue weighted by Gasteiger charge is 2.42. The van der Waals surface area contributed by atoms with Crippen LogP contribution in [0.1, 0.15) is 37.8 Å². The molecule has 1 saturated heterocycles. The third-order valence-electron chi connectivity index (χ3n) is 5.36. The molecule has 2 heterocycles. The monoisotopic (exact) mass is 340 g/mol. The molecule has 3 rings (SSSR count). The van der Waals surface area contributed by atoms with Gasteiger partial charge in [0.2, 0.25) is 5.91 Å². The number of nitrogens with one attached hydrogen (secondary N) is 2. The number of piperidine rings is 1. The molecule has 0 saturated carbocycles. The molecule has 0 atom stereocenters. The number of aromatic nitrogens is 2. The van der Waals surface area contributed by atoms with Crippen molar-refractivity contribution >= 4 is 5.91 Å². The lowest BCUT2D eigenvalue weighted by atomic mass is 9.81. The highest BCUT2D eigenvalue weighted by atomic mass is 16.2. The number of nitrogens with zero attached hydrogens (tertiary/aromatic N) is 2. The van der Waals surface area contributed by atoms with E-state index in [1.54, 1.807) is 6.20 Å². The summed E-state index contributed by atoms with van der Waals surface area (Å²) < 4.78 is 1.84. The number of hydrogen-bond acceptors (Lipinski definition) is 3. The van der Waals surface area contributed by atoms with Crippen LogP contribution in [-0.2, 0) is 15.7 Å². The fraction of sp³-hybridized carbons (Fsp3) is 0.500. The van der Waals surface area contributed by atoms with E-state index in [9.17, 15) is 4.79 Å². The van der Waals surface area contributed by atoms with E-state index in [0.29, 0.717) is 6.54 Å². The van der Waals surface area contributed by atoms with E-state index in [1.165, 1.54) is 11.1 Å². The van der Waals surface area contributed by atoms with Crippen LogP contribution < -0.4 is 10.6 Å². The number of carbonyl (C=O) groups is 1. The lowest BCUT2D eigenvalue weighted by Crippen LogP contribution is -2.56. The number of rotatable bonds is 5. The zero-order chi connectivity index (χ0) is 17.9. The summed E-state index contributed by atoms with van der Waals surface area (Å²) >= 11 is 0. The maximum Gasteiger partial charge on any atom is 0.248 e. The van der Waals surface area contributed by atoms with Crippen LogP contribution in [0.15, 0.2) is 42.7 Å². The molecule has 1 fully saturated rings. The van der Waals surface area contributed by atoms with Crippen LogP contribution >= 0.6 is 0 Å². The minimum Gasteiger partial charge on any atom is -0.353 e. The molecule has 25 heavy (non-hydrogen) atoms. The zero-order valence-corrected chi connectivity index (χ0v) is 15.4. The summed E-state index contributed by atoms with van der Waals surface area (Å²) in [7, 11) is 0. The van der Waals surface area contributed by atoms with Gasteiger partial charge in [0.1, 0.15) is 5.54 Å². The van der Waals surface area contributed by atoms with Crippen molar-refractivity contribution in [1.82, 2.24) is 20.4 Å². The first kappa shape index (κ1) is 17.7. The Kier molecular flexibility index (Phi) is 4.95. The summed E-state index contributed by atoms with van der Waals surface area (Å²) in [5.41, 5.74) is 1.81. The maximum absolute atomic E-state index is 13.2. The molecule has 1 aromatic carbocycles. The molecule has 0 radical (unpaired) electrons.